The van der Waals surface area contributed by atoms with E-state index >= 15 is 0 Å². The molecule has 0 amide bonds. The summed E-state index contributed by atoms with van der Waals surface area (Å²) < 4.78 is 13.3. The Balaban J connectivity index is 1.61. The van der Waals surface area contributed by atoms with Gasteiger partial charge in [-0.1, -0.05) is 0 Å². The van der Waals surface area contributed by atoms with Crippen LogP contribution in [0.2, 0.25) is 0 Å². The van der Waals surface area contributed by atoms with Gasteiger partial charge in [-0.3, -0.25) is 4.90 Å². The van der Waals surface area contributed by atoms with Crippen LogP contribution in [0, 0.1) is 12.7 Å². The lowest BCUT2D eigenvalue weighted by molar-refractivity contribution is 0.238. The van der Waals surface area contributed by atoms with E-state index < -0.39 is 0 Å². The summed E-state index contributed by atoms with van der Waals surface area (Å²) in [7, 11) is 0. The van der Waals surface area contributed by atoms with Gasteiger partial charge in [0.2, 0.25) is 0 Å². The molecular formula is C16H17FN4S. The third-order valence-corrected chi connectivity index (χ3v) is 5.00. The van der Waals surface area contributed by atoms with Crippen LogP contribution in [0.3, 0.4) is 0 Å². The summed E-state index contributed by atoms with van der Waals surface area (Å²) in [6, 6.07) is 4.96. The molecule has 0 radical (unpaired) electrons. The standard InChI is InChI=1S/C16H17FN4S/c1-10-18-12(9-22-10)8-21-6-2-3-15(21)16-19-13-5-4-11(17)7-14(13)20-16/h4-5,7,9,15H,2-3,6,8H2,1H3,(H,19,20)/t15-/m0/s1. The Hall–Kier alpha value is -1.79. The second-order valence-corrected chi connectivity index (χ2v) is 6.83. The lowest BCUT2D eigenvalue weighted by atomic mass is 10.2. The quantitative estimate of drug-likeness (QED) is 0.799. The second-order valence-electron chi connectivity index (χ2n) is 5.77. The number of benzene rings is 1. The molecule has 3 heterocycles. The van der Waals surface area contributed by atoms with Gasteiger partial charge in [-0.25, -0.2) is 14.4 Å². The molecule has 4 nitrogen and oxygen atoms in total. The first-order valence-corrected chi connectivity index (χ1v) is 8.37. The molecule has 22 heavy (non-hydrogen) atoms. The molecular weight excluding hydrogens is 299 g/mol. The number of fused-ring (bicyclic) bond motifs is 1. The molecule has 114 valence electrons. The number of imidazole rings is 1. The molecule has 0 unspecified atom stereocenters. The van der Waals surface area contributed by atoms with Gasteiger partial charge in [-0.15, -0.1) is 11.3 Å². The van der Waals surface area contributed by atoms with E-state index in [2.05, 4.69) is 25.2 Å². The molecule has 1 aliphatic rings. The van der Waals surface area contributed by atoms with Crippen molar-refractivity contribution in [3.63, 3.8) is 0 Å². The van der Waals surface area contributed by atoms with E-state index in [4.69, 9.17) is 0 Å². The Labute approximate surface area is 132 Å². The number of aromatic amines is 1. The van der Waals surface area contributed by atoms with Crippen LogP contribution in [0.15, 0.2) is 23.6 Å². The highest BCUT2D eigenvalue weighted by molar-refractivity contribution is 7.09. The van der Waals surface area contributed by atoms with Crippen LogP contribution in [0.5, 0.6) is 0 Å². The van der Waals surface area contributed by atoms with Crippen LogP contribution in [0.4, 0.5) is 4.39 Å². The molecule has 6 heteroatoms. The molecule has 2 aromatic heterocycles. The molecule has 3 aromatic rings. The van der Waals surface area contributed by atoms with E-state index in [1.807, 2.05) is 6.92 Å². The third kappa shape index (κ3) is 2.53. The van der Waals surface area contributed by atoms with Gasteiger partial charge in [0.1, 0.15) is 11.6 Å². The summed E-state index contributed by atoms with van der Waals surface area (Å²) in [5.74, 6) is 0.703. The minimum absolute atomic E-state index is 0.232. The van der Waals surface area contributed by atoms with E-state index in [1.54, 1.807) is 17.4 Å². The van der Waals surface area contributed by atoms with E-state index in [0.29, 0.717) is 0 Å². The lowest BCUT2D eigenvalue weighted by Gasteiger charge is -2.21. The van der Waals surface area contributed by atoms with Crippen LogP contribution < -0.4 is 0 Å². The SMILES string of the molecule is Cc1nc(CN2CCC[C@H]2c2nc3ccc(F)cc3[nH]2)cs1. The van der Waals surface area contributed by atoms with Crippen molar-refractivity contribution in [3.05, 3.63) is 45.9 Å². The van der Waals surface area contributed by atoms with Crippen molar-refractivity contribution in [1.29, 1.82) is 0 Å². The van der Waals surface area contributed by atoms with Gasteiger partial charge < -0.3 is 4.98 Å². The van der Waals surface area contributed by atoms with E-state index in [1.165, 1.54) is 12.1 Å². The third-order valence-electron chi connectivity index (χ3n) is 4.17. The van der Waals surface area contributed by atoms with Crippen LogP contribution >= 0.6 is 11.3 Å². The first-order valence-electron chi connectivity index (χ1n) is 7.49. The fourth-order valence-electron chi connectivity index (χ4n) is 3.17. The molecule has 4 rings (SSSR count). The minimum atomic E-state index is -0.232. The average molecular weight is 316 g/mol. The van der Waals surface area contributed by atoms with Crippen molar-refractivity contribution in [1.82, 2.24) is 19.9 Å². The second kappa shape index (κ2) is 5.44. The fourth-order valence-corrected chi connectivity index (χ4v) is 3.78. The molecule has 1 fully saturated rings. The van der Waals surface area contributed by atoms with Gasteiger partial charge in [-0.2, -0.15) is 0 Å². The van der Waals surface area contributed by atoms with Gasteiger partial charge in [0, 0.05) is 11.9 Å². The van der Waals surface area contributed by atoms with Crippen molar-refractivity contribution < 1.29 is 4.39 Å². The number of aromatic nitrogens is 3. The predicted octanol–water partition coefficient (Wildman–Crippen LogP) is 3.80. The van der Waals surface area contributed by atoms with Crippen molar-refractivity contribution in [3.8, 4) is 0 Å². The summed E-state index contributed by atoms with van der Waals surface area (Å²) in [5.41, 5.74) is 2.72. The number of nitrogens with one attached hydrogen (secondary N) is 1. The molecule has 1 aromatic carbocycles. The number of halogens is 1. The Morgan fingerprint density at radius 2 is 2.32 bits per heavy atom. The summed E-state index contributed by atoms with van der Waals surface area (Å²) in [5, 5.41) is 3.23. The number of likely N-dealkylation sites (tertiary alicyclic amines) is 1. The smallest absolute Gasteiger partial charge is 0.125 e. The number of hydrogen-bond donors (Lipinski definition) is 1. The van der Waals surface area contributed by atoms with Crippen molar-refractivity contribution >= 4 is 22.4 Å². The molecule has 1 N–H and O–H groups in total. The normalized spacial score (nSPS) is 19.3. The molecule has 1 saturated heterocycles. The number of H-pyrrole nitrogens is 1. The summed E-state index contributed by atoms with van der Waals surface area (Å²) in [6.07, 6.45) is 2.23. The highest BCUT2D eigenvalue weighted by Gasteiger charge is 2.29. The Morgan fingerprint density at radius 1 is 1.41 bits per heavy atom. The number of rotatable bonds is 3. The van der Waals surface area contributed by atoms with E-state index in [9.17, 15) is 4.39 Å². The highest BCUT2D eigenvalue weighted by Crippen LogP contribution is 2.32. The minimum Gasteiger partial charge on any atom is -0.341 e. The van der Waals surface area contributed by atoms with Gasteiger partial charge in [0.25, 0.3) is 0 Å². The van der Waals surface area contributed by atoms with Crippen LogP contribution in [-0.2, 0) is 6.54 Å². The average Bonchev–Trinajstić information content (AvgIpc) is 3.18. The summed E-state index contributed by atoms with van der Waals surface area (Å²) >= 11 is 1.69. The number of aryl methyl sites for hydroxylation is 1. The Kier molecular flexibility index (Phi) is 3.43. The predicted molar refractivity (Wildman–Crippen MR) is 85.3 cm³/mol. The first kappa shape index (κ1) is 13.8. The zero-order valence-electron chi connectivity index (χ0n) is 12.3. The Morgan fingerprint density at radius 3 is 3.14 bits per heavy atom. The molecule has 1 atom stereocenters. The van der Waals surface area contributed by atoms with Gasteiger partial charge in [-0.05, 0) is 44.5 Å². The van der Waals surface area contributed by atoms with Gasteiger partial charge >= 0.3 is 0 Å². The number of nitrogens with zero attached hydrogens (tertiary/aromatic N) is 3. The number of hydrogen-bond acceptors (Lipinski definition) is 4. The molecule has 0 spiro atoms. The maximum Gasteiger partial charge on any atom is 0.125 e. The van der Waals surface area contributed by atoms with Crippen LogP contribution in [0.25, 0.3) is 11.0 Å². The zero-order valence-corrected chi connectivity index (χ0v) is 13.2. The molecule has 0 saturated carbocycles. The number of thiazole rings is 1. The van der Waals surface area contributed by atoms with Crippen molar-refractivity contribution in [2.24, 2.45) is 0 Å². The Bertz CT molecular complexity index is 809. The maximum absolute atomic E-state index is 13.3. The van der Waals surface area contributed by atoms with Crippen LogP contribution in [-0.4, -0.2) is 26.4 Å². The topological polar surface area (TPSA) is 44.8 Å². The van der Waals surface area contributed by atoms with Crippen molar-refractivity contribution in [2.45, 2.75) is 32.4 Å². The molecule has 0 aliphatic carbocycles. The van der Waals surface area contributed by atoms with E-state index in [0.717, 1.165) is 53.5 Å². The largest absolute Gasteiger partial charge is 0.341 e. The van der Waals surface area contributed by atoms with Gasteiger partial charge in [0.05, 0.1) is 27.8 Å². The lowest BCUT2D eigenvalue weighted by Crippen LogP contribution is -2.23. The summed E-state index contributed by atoms with van der Waals surface area (Å²) in [6.45, 7) is 3.93. The zero-order chi connectivity index (χ0) is 15.1. The first-order chi connectivity index (χ1) is 10.7. The monoisotopic (exact) mass is 316 g/mol. The highest BCUT2D eigenvalue weighted by atomic mass is 32.1. The van der Waals surface area contributed by atoms with Crippen LogP contribution in [0.1, 0.15) is 35.4 Å². The molecule has 1 aliphatic heterocycles. The van der Waals surface area contributed by atoms with Crippen molar-refractivity contribution in [2.75, 3.05) is 6.54 Å². The summed E-state index contributed by atoms with van der Waals surface area (Å²) in [4.78, 5) is 14.9. The van der Waals surface area contributed by atoms with Gasteiger partial charge in [0.15, 0.2) is 0 Å². The maximum atomic E-state index is 13.3. The fraction of sp³-hybridized carbons (Fsp3) is 0.375. The van der Waals surface area contributed by atoms with E-state index in [-0.39, 0.29) is 11.9 Å². The molecule has 0 bridgehead atoms.